The first-order chi connectivity index (χ1) is 10.2. The Morgan fingerprint density at radius 1 is 1.38 bits per heavy atom. The SMILES string of the molecule is CC1CCN([C@@H](CNC(=O)C2CCC2)c2cccs2)CC1. The summed E-state index contributed by atoms with van der Waals surface area (Å²) in [5, 5.41) is 5.35. The Morgan fingerprint density at radius 3 is 2.71 bits per heavy atom. The Balaban J connectivity index is 1.60. The van der Waals surface area contributed by atoms with E-state index < -0.39 is 0 Å². The minimum absolute atomic E-state index is 0.271. The summed E-state index contributed by atoms with van der Waals surface area (Å²) in [6, 6.07) is 4.69. The largest absolute Gasteiger partial charge is 0.354 e. The smallest absolute Gasteiger partial charge is 0.223 e. The van der Waals surface area contributed by atoms with Crippen LogP contribution in [0.1, 0.15) is 49.9 Å². The Morgan fingerprint density at radius 2 is 2.14 bits per heavy atom. The second-order valence-corrected chi connectivity index (χ2v) is 7.60. The molecule has 0 bridgehead atoms. The number of thiophene rings is 1. The van der Waals surface area contributed by atoms with Crippen molar-refractivity contribution >= 4 is 17.2 Å². The van der Waals surface area contributed by atoms with Gasteiger partial charge in [0.25, 0.3) is 0 Å². The summed E-state index contributed by atoms with van der Waals surface area (Å²) in [6.07, 6.45) is 5.93. The molecule has 1 saturated carbocycles. The van der Waals surface area contributed by atoms with E-state index in [1.807, 2.05) is 11.3 Å². The van der Waals surface area contributed by atoms with Crippen LogP contribution in [-0.4, -0.2) is 30.4 Å². The Bertz CT molecular complexity index is 447. The van der Waals surface area contributed by atoms with Crippen molar-refractivity contribution in [2.75, 3.05) is 19.6 Å². The first-order valence-electron chi connectivity index (χ1n) is 8.29. The van der Waals surface area contributed by atoms with Crippen molar-refractivity contribution in [2.45, 2.75) is 45.1 Å². The van der Waals surface area contributed by atoms with Crippen molar-refractivity contribution in [2.24, 2.45) is 11.8 Å². The highest BCUT2D eigenvalue weighted by Gasteiger charge is 2.28. The average Bonchev–Trinajstić information content (AvgIpc) is 2.93. The molecule has 1 aromatic rings. The van der Waals surface area contributed by atoms with Gasteiger partial charge in [-0.3, -0.25) is 9.69 Å². The van der Waals surface area contributed by atoms with Gasteiger partial charge in [-0.25, -0.2) is 0 Å². The Kier molecular flexibility index (Phi) is 4.96. The summed E-state index contributed by atoms with van der Waals surface area (Å²) >= 11 is 1.81. The highest BCUT2D eigenvalue weighted by atomic mass is 32.1. The van der Waals surface area contributed by atoms with E-state index in [0.29, 0.717) is 6.04 Å². The van der Waals surface area contributed by atoms with E-state index in [-0.39, 0.29) is 11.8 Å². The third kappa shape index (κ3) is 3.67. The maximum absolute atomic E-state index is 12.1. The van der Waals surface area contributed by atoms with Gasteiger partial charge in [-0.15, -0.1) is 11.3 Å². The molecule has 3 rings (SSSR count). The molecule has 2 aliphatic rings. The number of carbonyl (C=O) groups excluding carboxylic acids is 1. The number of hydrogen-bond acceptors (Lipinski definition) is 3. The molecule has 0 unspecified atom stereocenters. The molecule has 1 aromatic heterocycles. The lowest BCUT2D eigenvalue weighted by molar-refractivity contribution is -0.127. The average molecular weight is 306 g/mol. The molecule has 1 N–H and O–H groups in total. The number of amides is 1. The second kappa shape index (κ2) is 6.93. The minimum atomic E-state index is 0.271. The van der Waals surface area contributed by atoms with E-state index >= 15 is 0 Å². The molecule has 1 amide bonds. The minimum Gasteiger partial charge on any atom is -0.354 e. The van der Waals surface area contributed by atoms with Crippen molar-refractivity contribution in [1.82, 2.24) is 10.2 Å². The molecule has 3 nitrogen and oxygen atoms in total. The van der Waals surface area contributed by atoms with Crippen LogP contribution >= 0.6 is 11.3 Å². The van der Waals surface area contributed by atoms with Gasteiger partial charge in [0.05, 0.1) is 6.04 Å². The van der Waals surface area contributed by atoms with Crippen LogP contribution in [0.5, 0.6) is 0 Å². The molecule has 116 valence electrons. The summed E-state index contributed by atoms with van der Waals surface area (Å²) in [5.41, 5.74) is 0. The van der Waals surface area contributed by atoms with Crippen molar-refractivity contribution in [3.8, 4) is 0 Å². The number of nitrogens with zero attached hydrogens (tertiary/aromatic N) is 1. The monoisotopic (exact) mass is 306 g/mol. The fourth-order valence-corrected chi connectivity index (χ4v) is 4.10. The molecule has 2 heterocycles. The lowest BCUT2D eigenvalue weighted by atomic mass is 9.85. The quantitative estimate of drug-likeness (QED) is 0.904. The third-order valence-electron chi connectivity index (χ3n) is 5.08. The standard InChI is InChI=1S/C17H26N2OS/c1-13-7-9-19(10-8-13)15(16-6-3-11-21-16)12-18-17(20)14-4-2-5-14/h3,6,11,13-15H,2,4-5,7-10,12H2,1H3,(H,18,20)/t15-/m0/s1. The molecule has 1 atom stereocenters. The normalized spacial score (nSPS) is 22.7. The predicted molar refractivity (Wildman–Crippen MR) is 87.4 cm³/mol. The first-order valence-corrected chi connectivity index (χ1v) is 9.17. The summed E-state index contributed by atoms with van der Waals surface area (Å²) in [5.74, 6) is 1.40. The van der Waals surface area contributed by atoms with Crippen LogP contribution in [0.2, 0.25) is 0 Å². The van der Waals surface area contributed by atoms with Crippen LogP contribution in [0, 0.1) is 11.8 Å². The van der Waals surface area contributed by atoms with Crippen LogP contribution < -0.4 is 5.32 Å². The second-order valence-electron chi connectivity index (χ2n) is 6.62. The number of likely N-dealkylation sites (tertiary alicyclic amines) is 1. The van der Waals surface area contributed by atoms with E-state index in [4.69, 9.17) is 0 Å². The molecule has 0 radical (unpaired) electrons. The predicted octanol–water partition coefficient (Wildman–Crippen LogP) is 3.44. The van der Waals surface area contributed by atoms with Gasteiger partial charge < -0.3 is 5.32 Å². The maximum Gasteiger partial charge on any atom is 0.223 e. The molecular weight excluding hydrogens is 280 g/mol. The molecule has 2 fully saturated rings. The van der Waals surface area contributed by atoms with Crippen LogP contribution in [0.15, 0.2) is 17.5 Å². The van der Waals surface area contributed by atoms with Crippen LogP contribution in [-0.2, 0) is 4.79 Å². The van der Waals surface area contributed by atoms with Crippen molar-refractivity contribution in [1.29, 1.82) is 0 Å². The zero-order valence-electron chi connectivity index (χ0n) is 12.9. The molecule has 0 aromatic carbocycles. The van der Waals surface area contributed by atoms with Gasteiger partial charge in [0.15, 0.2) is 0 Å². The van der Waals surface area contributed by atoms with E-state index in [1.54, 1.807) is 0 Å². The topological polar surface area (TPSA) is 32.3 Å². The van der Waals surface area contributed by atoms with Crippen LogP contribution in [0.4, 0.5) is 0 Å². The van der Waals surface area contributed by atoms with Crippen molar-refractivity contribution in [3.05, 3.63) is 22.4 Å². The Labute approximate surface area is 131 Å². The van der Waals surface area contributed by atoms with Crippen molar-refractivity contribution < 1.29 is 4.79 Å². The first kappa shape index (κ1) is 15.0. The molecular formula is C17H26N2OS. The molecule has 1 aliphatic heterocycles. The van der Waals surface area contributed by atoms with Gasteiger partial charge in [-0.1, -0.05) is 19.4 Å². The van der Waals surface area contributed by atoms with Gasteiger partial charge in [-0.05, 0) is 56.1 Å². The Hall–Kier alpha value is -0.870. The summed E-state index contributed by atoms with van der Waals surface area (Å²) in [7, 11) is 0. The summed E-state index contributed by atoms with van der Waals surface area (Å²) in [6.45, 7) is 5.42. The number of piperidine rings is 1. The molecule has 4 heteroatoms. The zero-order valence-corrected chi connectivity index (χ0v) is 13.7. The fraction of sp³-hybridized carbons (Fsp3) is 0.706. The molecule has 1 saturated heterocycles. The van der Waals surface area contributed by atoms with E-state index in [0.717, 1.165) is 38.4 Å². The van der Waals surface area contributed by atoms with Crippen LogP contribution in [0.25, 0.3) is 0 Å². The third-order valence-corrected chi connectivity index (χ3v) is 6.05. The van der Waals surface area contributed by atoms with Crippen LogP contribution in [0.3, 0.4) is 0 Å². The molecule has 21 heavy (non-hydrogen) atoms. The summed E-state index contributed by atoms with van der Waals surface area (Å²) < 4.78 is 0. The number of nitrogens with one attached hydrogen (secondary N) is 1. The number of hydrogen-bond donors (Lipinski definition) is 1. The van der Waals surface area contributed by atoms with E-state index in [9.17, 15) is 4.79 Å². The highest BCUT2D eigenvalue weighted by molar-refractivity contribution is 7.10. The lowest BCUT2D eigenvalue weighted by Gasteiger charge is -2.37. The number of carbonyl (C=O) groups is 1. The van der Waals surface area contributed by atoms with Gasteiger partial charge in [0.2, 0.25) is 5.91 Å². The molecule has 0 spiro atoms. The fourth-order valence-electron chi connectivity index (χ4n) is 3.24. The van der Waals surface area contributed by atoms with Gasteiger partial charge in [0.1, 0.15) is 0 Å². The van der Waals surface area contributed by atoms with E-state index in [1.165, 1.54) is 24.1 Å². The van der Waals surface area contributed by atoms with E-state index in [2.05, 4.69) is 34.7 Å². The van der Waals surface area contributed by atoms with Gasteiger partial charge in [0, 0.05) is 17.3 Å². The van der Waals surface area contributed by atoms with Gasteiger partial charge in [-0.2, -0.15) is 0 Å². The number of rotatable bonds is 5. The highest BCUT2D eigenvalue weighted by Crippen LogP contribution is 2.30. The molecule has 1 aliphatic carbocycles. The maximum atomic E-state index is 12.1. The van der Waals surface area contributed by atoms with Gasteiger partial charge >= 0.3 is 0 Å². The van der Waals surface area contributed by atoms with Crippen molar-refractivity contribution in [3.63, 3.8) is 0 Å². The lowest BCUT2D eigenvalue weighted by Crippen LogP contribution is -2.43. The summed E-state index contributed by atoms with van der Waals surface area (Å²) in [4.78, 5) is 16.1. The zero-order chi connectivity index (χ0) is 14.7.